The van der Waals surface area contributed by atoms with Gasteiger partial charge in [-0.2, -0.15) is 0 Å². The van der Waals surface area contributed by atoms with Crippen molar-refractivity contribution in [3.8, 4) is 0 Å². The molecule has 1 fully saturated rings. The van der Waals surface area contributed by atoms with E-state index in [1.54, 1.807) is 30.3 Å². The van der Waals surface area contributed by atoms with Crippen LogP contribution in [0.4, 0.5) is 0 Å². The van der Waals surface area contributed by atoms with Gasteiger partial charge in [-0.3, -0.25) is 0 Å². The third-order valence-electron chi connectivity index (χ3n) is 5.22. The van der Waals surface area contributed by atoms with Crippen molar-refractivity contribution in [3.63, 3.8) is 0 Å². The summed E-state index contributed by atoms with van der Waals surface area (Å²) in [5.74, 6) is -0.775. The van der Waals surface area contributed by atoms with Gasteiger partial charge in [0, 0.05) is 4.47 Å². The molecule has 1 aliphatic carbocycles. The molecule has 4 nitrogen and oxygen atoms in total. The van der Waals surface area contributed by atoms with Crippen molar-refractivity contribution in [1.29, 1.82) is 0 Å². The van der Waals surface area contributed by atoms with Crippen LogP contribution in [0.5, 0.6) is 0 Å². The minimum Gasteiger partial charge on any atom is -0.455 e. The molecule has 2 atom stereocenters. The van der Waals surface area contributed by atoms with Crippen LogP contribution in [0.1, 0.15) is 46.4 Å². The second-order valence-corrected chi connectivity index (χ2v) is 8.16. The zero-order chi connectivity index (χ0) is 20.2. The van der Waals surface area contributed by atoms with E-state index in [0.29, 0.717) is 24.0 Å². The molecule has 3 aromatic rings. The Morgan fingerprint density at radius 2 is 1.28 bits per heavy atom. The Kier molecular flexibility index (Phi) is 5.95. The summed E-state index contributed by atoms with van der Waals surface area (Å²) in [5, 5.41) is 2.06. The molecule has 0 bridgehead atoms. The Hall–Kier alpha value is -2.66. The fourth-order valence-electron chi connectivity index (χ4n) is 3.65. The third-order valence-corrected chi connectivity index (χ3v) is 5.75. The van der Waals surface area contributed by atoms with E-state index in [2.05, 4.69) is 15.9 Å². The van der Waals surface area contributed by atoms with Gasteiger partial charge in [0.1, 0.15) is 12.2 Å². The lowest BCUT2D eigenvalue weighted by Gasteiger charge is -2.30. The number of carbonyl (C=O) groups excluding carboxylic acids is 2. The van der Waals surface area contributed by atoms with E-state index in [0.717, 1.165) is 28.1 Å². The largest absolute Gasteiger partial charge is 0.455 e. The van der Waals surface area contributed by atoms with E-state index in [1.807, 2.05) is 36.4 Å². The molecule has 4 rings (SSSR count). The van der Waals surface area contributed by atoms with Gasteiger partial charge < -0.3 is 9.47 Å². The van der Waals surface area contributed by atoms with Crippen molar-refractivity contribution in [2.45, 2.75) is 37.9 Å². The normalized spacial score (nSPS) is 18.9. The molecule has 3 aromatic carbocycles. The monoisotopic (exact) mass is 452 g/mol. The summed E-state index contributed by atoms with van der Waals surface area (Å²) in [6.45, 7) is 0. The first-order chi connectivity index (χ1) is 14.1. The number of hydrogen-bond acceptors (Lipinski definition) is 4. The average Bonchev–Trinajstić information content (AvgIpc) is 2.75. The summed E-state index contributed by atoms with van der Waals surface area (Å²) < 4.78 is 12.4. The summed E-state index contributed by atoms with van der Waals surface area (Å²) >= 11 is 3.36. The first-order valence-corrected chi connectivity index (χ1v) is 10.6. The van der Waals surface area contributed by atoms with Crippen molar-refractivity contribution < 1.29 is 19.1 Å². The number of hydrogen-bond donors (Lipinski definition) is 0. The lowest BCUT2D eigenvalue weighted by atomic mass is 9.94. The highest BCUT2D eigenvalue weighted by molar-refractivity contribution is 9.10. The molecule has 0 aliphatic heterocycles. The highest BCUT2D eigenvalue weighted by Crippen LogP contribution is 2.26. The maximum atomic E-state index is 12.7. The lowest BCUT2D eigenvalue weighted by Crippen LogP contribution is -2.37. The fourth-order valence-corrected chi connectivity index (χ4v) is 3.91. The molecule has 148 valence electrons. The standard InChI is InChI=1S/C24H21BrO4/c25-20-13-11-17(12-14-20)23(26)28-21-7-3-4-8-22(21)29-24(27)19-10-9-16-5-1-2-6-18(16)15-19/h1-2,5-6,9-15,21-22H,3-4,7-8H2/t21-,22-/m1/s1. The Bertz CT molecular complexity index is 1030. The summed E-state index contributed by atoms with van der Waals surface area (Å²) in [6.07, 6.45) is 2.42. The number of carbonyl (C=O) groups is 2. The SMILES string of the molecule is O=C(O[C@@H]1CCCC[C@H]1OC(=O)c1ccc2ccccc2c1)c1ccc(Br)cc1. The number of esters is 2. The zero-order valence-electron chi connectivity index (χ0n) is 15.8. The van der Waals surface area contributed by atoms with E-state index in [-0.39, 0.29) is 5.97 Å². The van der Waals surface area contributed by atoms with E-state index < -0.39 is 18.2 Å². The van der Waals surface area contributed by atoms with Gasteiger partial charge in [-0.05, 0) is 72.9 Å². The quantitative estimate of drug-likeness (QED) is 0.460. The van der Waals surface area contributed by atoms with Crippen LogP contribution in [-0.4, -0.2) is 24.1 Å². The second kappa shape index (κ2) is 8.78. The van der Waals surface area contributed by atoms with Crippen LogP contribution in [-0.2, 0) is 9.47 Å². The maximum Gasteiger partial charge on any atom is 0.338 e. The number of benzene rings is 3. The summed E-state index contributed by atoms with van der Waals surface area (Å²) in [6, 6.07) is 20.4. The molecule has 0 unspecified atom stereocenters. The smallest absolute Gasteiger partial charge is 0.338 e. The number of rotatable bonds is 4. The van der Waals surface area contributed by atoms with E-state index in [9.17, 15) is 9.59 Å². The molecule has 1 aliphatic rings. The highest BCUT2D eigenvalue weighted by atomic mass is 79.9. The summed E-state index contributed by atoms with van der Waals surface area (Å²) in [4.78, 5) is 25.2. The predicted octanol–water partition coefficient (Wildman–Crippen LogP) is 5.93. The topological polar surface area (TPSA) is 52.6 Å². The van der Waals surface area contributed by atoms with Crippen LogP contribution in [0.15, 0.2) is 71.2 Å². The summed E-state index contributed by atoms with van der Waals surface area (Å²) in [5.41, 5.74) is 0.991. The van der Waals surface area contributed by atoms with E-state index in [4.69, 9.17) is 9.47 Å². The molecule has 0 spiro atoms. The Labute approximate surface area is 178 Å². The molecular formula is C24H21BrO4. The van der Waals surface area contributed by atoms with Crippen molar-refractivity contribution in [3.05, 3.63) is 82.3 Å². The number of halogens is 1. The van der Waals surface area contributed by atoms with Crippen LogP contribution in [0.3, 0.4) is 0 Å². The Balaban J connectivity index is 1.45. The first kappa shape index (κ1) is 19.6. The molecular weight excluding hydrogens is 432 g/mol. The number of ether oxygens (including phenoxy) is 2. The molecule has 0 amide bonds. The summed E-state index contributed by atoms with van der Waals surface area (Å²) in [7, 11) is 0. The van der Waals surface area contributed by atoms with Crippen LogP contribution >= 0.6 is 15.9 Å². The van der Waals surface area contributed by atoms with Gasteiger partial charge >= 0.3 is 11.9 Å². The zero-order valence-corrected chi connectivity index (χ0v) is 17.4. The molecule has 0 radical (unpaired) electrons. The molecule has 0 aromatic heterocycles. The minimum absolute atomic E-state index is 0.382. The molecule has 29 heavy (non-hydrogen) atoms. The lowest BCUT2D eigenvalue weighted by molar-refractivity contribution is -0.0514. The highest BCUT2D eigenvalue weighted by Gasteiger charge is 2.32. The molecule has 1 saturated carbocycles. The van der Waals surface area contributed by atoms with Crippen LogP contribution in [0.25, 0.3) is 10.8 Å². The van der Waals surface area contributed by atoms with Crippen LogP contribution in [0.2, 0.25) is 0 Å². The Morgan fingerprint density at radius 1 is 0.724 bits per heavy atom. The van der Waals surface area contributed by atoms with Crippen molar-refractivity contribution in [2.24, 2.45) is 0 Å². The van der Waals surface area contributed by atoms with Crippen molar-refractivity contribution in [1.82, 2.24) is 0 Å². The second-order valence-electron chi connectivity index (χ2n) is 7.24. The van der Waals surface area contributed by atoms with Crippen molar-refractivity contribution in [2.75, 3.05) is 0 Å². The van der Waals surface area contributed by atoms with Gasteiger partial charge in [-0.15, -0.1) is 0 Å². The minimum atomic E-state index is -0.429. The van der Waals surface area contributed by atoms with E-state index >= 15 is 0 Å². The van der Waals surface area contributed by atoms with E-state index in [1.165, 1.54) is 0 Å². The molecule has 5 heteroatoms. The van der Waals surface area contributed by atoms with Gasteiger partial charge in [0.25, 0.3) is 0 Å². The first-order valence-electron chi connectivity index (χ1n) is 9.76. The maximum absolute atomic E-state index is 12.7. The fraction of sp³-hybridized carbons (Fsp3) is 0.250. The van der Waals surface area contributed by atoms with Gasteiger partial charge in [0.05, 0.1) is 11.1 Å². The van der Waals surface area contributed by atoms with Gasteiger partial charge in [-0.1, -0.05) is 46.3 Å². The molecule has 0 saturated heterocycles. The van der Waals surface area contributed by atoms with Crippen molar-refractivity contribution >= 4 is 38.6 Å². The third kappa shape index (κ3) is 4.67. The van der Waals surface area contributed by atoms with Gasteiger partial charge in [0.15, 0.2) is 0 Å². The van der Waals surface area contributed by atoms with Gasteiger partial charge in [-0.25, -0.2) is 9.59 Å². The predicted molar refractivity (Wildman–Crippen MR) is 115 cm³/mol. The molecule has 0 N–H and O–H groups in total. The number of fused-ring (bicyclic) bond motifs is 1. The van der Waals surface area contributed by atoms with Gasteiger partial charge in [0.2, 0.25) is 0 Å². The van der Waals surface area contributed by atoms with Crippen LogP contribution < -0.4 is 0 Å². The molecule has 0 heterocycles. The average molecular weight is 453 g/mol. The van der Waals surface area contributed by atoms with Crippen LogP contribution in [0, 0.1) is 0 Å². The Morgan fingerprint density at radius 3 is 1.93 bits per heavy atom.